The van der Waals surface area contributed by atoms with Crippen molar-refractivity contribution in [1.82, 2.24) is 20.0 Å². The molecule has 1 unspecified atom stereocenters. The molecule has 0 bridgehead atoms. The largest absolute Gasteiger partial charge is 0.368 e. The highest BCUT2D eigenvalue weighted by Crippen LogP contribution is 2.12. The number of nitrogens with zero attached hydrogens (tertiary/aromatic N) is 3. The number of hydrogen-bond acceptors (Lipinski definition) is 4. The number of primary amides is 1. The summed E-state index contributed by atoms with van der Waals surface area (Å²) in [6.07, 6.45) is 2.00. The van der Waals surface area contributed by atoms with Gasteiger partial charge in [-0.2, -0.15) is 5.10 Å². The van der Waals surface area contributed by atoms with Crippen LogP contribution >= 0.6 is 0 Å². The van der Waals surface area contributed by atoms with Crippen molar-refractivity contribution in [1.29, 1.82) is 0 Å². The molecule has 3 N–H and O–H groups in total. The highest BCUT2D eigenvalue weighted by Gasteiger charge is 2.27. The summed E-state index contributed by atoms with van der Waals surface area (Å²) < 4.78 is 1.80. The van der Waals surface area contributed by atoms with Gasteiger partial charge < -0.3 is 11.1 Å². The Labute approximate surface area is 101 Å². The number of aromatic nitrogens is 2. The summed E-state index contributed by atoms with van der Waals surface area (Å²) in [4.78, 5) is 13.5. The van der Waals surface area contributed by atoms with Gasteiger partial charge in [0.15, 0.2) is 0 Å². The van der Waals surface area contributed by atoms with Crippen LogP contribution in [0.5, 0.6) is 0 Å². The van der Waals surface area contributed by atoms with Crippen molar-refractivity contribution >= 4 is 5.91 Å². The molecule has 1 amide bonds. The second-order valence-corrected chi connectivity index (χ2v) is 4.51. The van der Waals surface area contributed by atoms with Gasteiger partial charge in [-0.1, -0.05) is 0 Å². The lowest BCUT2D eigenvalue weighted by molar-refractivity contribution is -0.124. The van der Waals surface area contributed by atoms with Gasteiger partial charge in [-0.25, -0.2) is 0 Å². The molecule has 0 aromatic carbocycles. The highest BCUT2D eigenvalue weighted by atomic mass is 16.1. The van der Waals surface area contributed by atoms with E-state index in [1.54, 1.807) is 4.68 Å². The van der Waals surface area contributed by atoms with Gasteiger partial charge >= 0.3 is 0 Å². The van der Waals surface area contributed by atoms with Crippen LogP contribution in [0.15, 0.2) is 6.20 Å². The summed E-state index contributed by atoms with van der Waals surface area (Å²) in [7, 11) is 1.90. The average Bonchev–Trinajstić information content (AvgIpc) is 2.58. The van der Waals surface area contributed by atoms with E-state index in [1.807, 2.05) is 20.2 Å². The molecule has 2 rings (SSSR count). The van der Waals surface area contributed by atoms with Gasteiger partial charge in [0, 0.05) is 45.0 Å². The van der Waals surface area contributed by atoms with Crippen LogP contribution in [0.4, 0.5) is 0 Å². The molecule has 0 saturated carbocycles. The Balaban J connectivity index is 2.10. The first-order valence-electron chi connectivity index (χ1n) is 5.81. The molecule has 1 aromatic rings. The van der Waals surface area contributed by atoms with Crippen molar-refractivity contribution in [2.45, 2.75) is 19.5 Å². The van der Waals surface area contributed by atoms with Crippen molar-refractivity contribution < 1.29 is 4.79 Å². The fraction of sp³-hybridized carbons (Fsp3) is 0.636. The number of nitrogens with two attached hydrogens (primary N) is 1. The zero-order valence-corrected chi connectivity index (χ0v) is 10.3. The summed E-state index contributed by atoms with van der Waals surface area (Å²) in [5, 5.41) is 7.49. The number of piperazine rings is 1. The molecule has 6 heteroatoms. The molecule has 1 fully saturated rings. The third-order valence-electron chi connectivity index (χ3n) is 3.17. The van der Waals surface area contributed by atoms with Crippen molar-refractivity contribution in [2.75, 3.05) is 19.6 Å². The van der Waals surface area contributed by atoms with Gasteiger partial charge in [0.2, 0.25) is 5.91 Å². The molecule has 1 saturated heterocycles. The van der Waals surface area contributed by atoms with Crippen LogP contribution in [0, 0.1) is 6.92 Å². The molecule has 0 spiro atoms. The molecule has 6 nitrogen and oxygen atoms in total. The first-order chi connectivity index (χ1) is 8.08. The monoisotopic (exact) mass is 237 g/mol. The van der Waals surface area contributed by atoms with E-state index in [0.717, 1.165) is 30.9 Å². The molecule has 94 valence electrons. The maximum absolute atomic E-state index is 11.4. The lowest BCUT2D eigenvalue weighted by atomic mass is 10.1. The quantitative estimate of drug-likeness (QED) is 0.706. The maximum atomic E-state index is 11.4. The van der Waals surface area contributed by atoms with Crippen LogP contribution < -0.4 is 11.1 Å². The molecule has 0 radical (unpaired) electrons. The molecule has 0 aliphatic carbocycles. The summed E-state index contributed by atoms with van der Waals surface area (Å²) in [6, 6.07) is -0.219. The van der Waals surface area contributed by atoms with Crippen LogP contribution in [0.3, 0.4) is 0 Å². The normalized spacial score (nSPS) is 21.6. The molecule has 1 aliphatic heterocycles. The molecule has 1 aromatic heterocycles. The van der Waals surface area contributed by atoms with Gasteiger partial charge in [0.1, 0.15) is 6.04 Å². The van der Waals surface area contributed by atoms with E-state index in [9.17, 15) is 4.79 Å². The topological polar surface area (TPSA) is 76.2 Å². The second kappa shape index (κ2) is 4.85. The Morgan fingerprint density at radius 2 is 2.47 bits per heavy atom. The number of nitrogens with one attached hydrogen (secondary N) is 1. The molecular formula is C11H19N5O. The Hall–Kier alpha value is -1.40. The number of amides is 1. The maximum Gasteiger partial charge on any atom is 0.236 e. The van der Waals surface area contributed by atoms with Crippen molar-refractivity contribution in [2.24, 2.45) is 12.8 Å². The highest BCUT2D eigenvalue weighted by molar-refractivity contribution is 5.80. The number of rotatable bonds is 3. The first kappa shape index (κ1) is 12.1. The fourth-order valence-corrected chi connectivity index (χ4v) is 2.24. The summed E-state index contributed by atoms with van der Waals surface area (Å²) in [5.74, 6) is -0.265. The van der Waals surface area contributed by atoms with Gasteiger partial charge in [0.25, 0.3) is 0 Å². The van der Waals surface area contributed by atoms with Crippen molar-refractivity contribution in [3.05, 3.63) is 17.5 Å². The van der Waals surface area contributed by atoms with E-state index in [2.05, 4.69) is 15.3 Å². The third-order valence-corrected chi connectivity index (χ3v) is 3.17. The van der Waals surface area contributed by atoms with E-state index < -0.39 is 0 Å². The van der Waals surface area contributed by atoms with E-state index in [-0.39, 0.29) is 11.9 Å². The summed E-state index contributed by atoms with van der Waals surface area (Å²) in [5.41, 5.74) is 7.58. The van der Waals surface area contributed by atoms with Gasteiger partial charge in [-0.3, -0.25) is 14.4 Å². The average molecular weight is 237 g/mol. The Kier molecular flexibility index (Phi) is 3.44. The Morgan fingerprint density at radius 1 is 1.71 bits per heavy atom. The van der Waals surface area contributed by atoms with Crippen LogP contribution in [-0.2, 0) is 18.4 Å². The molecule has 1 aliphatic rings. The van der Waals surface area contributed by atoms with Crippen LogP contribution in [-0.4, -0.2) is 46.3 Å². The lowest BCUT2D eigenvalue weighted by Crippen LogP contribution is -2.56. The van der Waals surface area contributed by atoms with E-state index in [0.29, 0.717) is 6.54 Å². The number of aryl methyl sites for hydroxylation is 2. The second-order valence-electron chi connectivity index (χ2n) is 4.51. The number of carbonyl (C=O) groups excluding carboxylic acids is 1. The summed E-state index contributed by atoms with van der Waals surface area (Å²) >= 11 is 0. The number of hydrogen-bond donors (Lipinski definition) is 2. The Bertz CT molecular complexity index is 414. The molecular weight excluding hydrogens is 218 g/mol. The standard InChI is InChI=1S/C11H19N5O/c1-8-9(6-15(2)14-8)7-16-4-3-13-5-10(16)11(12)17/h6,10,13H,3-5,7H2,1-2H3,(H2,12,17). The van der Waals surface area contributed by atoms with E-state index in [4.69, 9.17) is 5.73 Å². The lowest BCUT2D eigenvalue weighted by Gasteiger charge is -2.33. The molecule has 17 heavy (non-hydrogen) atoms. The molecule has 1 atom stereocenters. The van der Waals surface area contributed by atoms with Gasteiger partial charge in [0.05, 0.1) is 5.69 Å². The molecule has 2 heterocycles. The predicted octanol–water partition coefficient (Wildman–Crippen LogP) is -1.01. The minimum atomic E-state index is -0.265. The van der Waals surface area contributed by atoms with Crippen LogP contribution in [0.1, 0.15) is 11.3 Å². The predicted molar refractivity (Wildman–Crippen MR) is 64.2 cm³/mol. The van der Waals surface area contributed by atoms with Crippen LogP contribution in [0.2, 0.25) is 0 Å². The van der Waals surface area contributed by atoms with Gasteiger partial charge in [-0.15, -0.1) is 0 Å². The van der Waals surface area contributed by atoms with Crippen LogP contribution in [0.25, 0.3) is 0 Å². The smallest absolute Gasteiger partial charge is 0.236 e. The first-order valence-corrected chi connectivity index (χ1v) is 5.81. The van der Waals surface area contributed by atoms with E-state index >= 15 is 0 Å². The van der Waals surface area contributed by atoms with Crippen molar-refractivity contribution in [3.63, 3.8) is 0 Å². The minimum absolute atomic E-state index is 0.219. The van der Waals surface area contributed by atoms with Crippen molar-refractivity contribution in [3.8, 4) is 0 Å². The zero-order valence-electron chi connectivity index (χ0n) is 10.3. The zero-order chi connectivity index (χ0) is 12.4. The Morgan fingerprint density at radius 3 is 3.06 bits per heavy atom. The third kappa shape index (κ3) is 2.65. The minimum Gasteiger partial charge on any atom is -0.368 e. The summed E-state index contributed by atoms with van der Waals surface area (Å²) in [6.45, 7) is 5.07. The van der Waals surface area contributed by atoms with Gasteiger partial charge in [-0.05, 0) is 6.92 Å². The fourth-order valence-electron chi connectivity index (χ4n) is 2.24. The number of carbonyl (C=O) groups is 1. The SMILES string of the molecule is Cc1nn(C)cc1CN1CCNCC1C(N)=O. The van der Waals surface area contributed by atoms with E-state index in [1.165, 1.54) is 0 Å².